The third-order valence-corrected chi connectivity index (χ3v) is 5.90. The minimum absolute atomic E-state index is 0.0104. The van der Waals surface area contributed by atoms with Gasteiger partial charge in [-0.3, -0.25) is 9.59 Å². The Morgan fingerprint density at radius 1 is 1.16 bits per heavy atom. The van der Waals surface area contributed by atoms with E-state index in [9.17, 15) is 9.59 Å². The Kier molecular flexibility index (Phi) is 7.70. The Bertz CT molecular complexity index is 984. The molecule has 2 N–H and O–H groups in total. The van der Waals surface area contributed by atoms with Gasteiger partial charge in [-0.15, -0.1) is 0 Å². The van der Waals surface area contributed by atoms with Crippen LogP contribution < -0.4 is 15.5 Å². The molecule has 2 amide bonds. The van der Waals surface area contributed by atoms with Crippen LogP contribution in [0.25, 0.3) is 0 Å². The Balaban J connectivity index is 2.04. The summed E-state index contributed by atoms with van der Waals surface area (Å²) in [7, 11) is 0. The summed E-state index contributed by atoms with van der Waals surface area (Å²) in [4.78, 5) is 32.2. The SMILES string of the molecule is C/C=C\N1c2ccc(C(=O)N(CC)CCCN)cc2N(Cc2ccc(C)cc2)C(=O)C1C. The first-order valence-electron chi connectivity index (χ1n) is 11.3. The molecule has 2 aromatic rings. The van der Waals surface area contributed by atoms with E-state index in [2.05, 4.69) is 12.1 Å². The fraction of sp³-hybridized carbons (Fsp3) is 0.385. The minimum atomic E-state index is -0.331. The topological polar surface area (TPSA) is 69.9 Å². The predicted octanol–water partition coefficient (Wildman–Crippen LogP) is 4.08. The largest absolute Gasteiger partial charge is 0.339 e. The van der Waals surface area contributed by atoms with Crippen molar-refractivity contribution >= 4 is 23.2 Å². The van der Waals surface area contributed by atoms with Crippen molar-refractivity contribution in [3.63, 3.8) is 0 Å². The molecule has 1 heterocycles. The van der Waals surface area contributed by atoms with Gasteiger partial charge in [-0.2, -0.15) is 0 Å². The quantitative estimate of drug-likeness (QED) is 0.680. The fourth-order valence-electron chi connectivity index (χ4n) is 4.04. The Morgan fingerprint density at radius 2 is 1.88 bits per heavy atom. The van der Waals surface area contributed by atoms with Crippen LogP contribution in [0.5, 0.6) is 0 Å². The van der Waals surface area contributed by atoms with Crippen LogP contribution in [0.2, 0.25) is 0 Å². The molecule has 0 saturated carbocycles. The van der Waals surface area contributed by atoms with Crippen molar-refractivity contribution in [2.75, 3.05) is 29.4 Å². The van der Waals surface area contributed by atoms with Gasteiger partial charge in [0.2, 0.25) is 5.91 Å². The maximum absolute atomic E-state index is 13.4. The molecule has 6 nitrogen and oxygen atoms in total. The Morgan fingerprint density at radius 3 is 2.50 bits per heavy atom. The molecule has 32 heavy (non-hydrogen) atoms. The summed E-state index contributed by atoms with van der Waals surface area (Å²) in [6.07, 6.45) is 4.61. The molecule has 170 valence electrons. The fourth-order valence-corrected chi connectivity index (χ4v) is 4.04. The summed E-state index contributed by atoms with van der Waals surface area (Å²) < 4.78 is 0. The molecule has 2 aromatic carbocycles. The number of rotatable bonds is 8. The Hall–Kier alpha value is -3.12. The van der Waals surface area contributed by atoms with Crippen LogP contribution in [0.3, 0.4) is 0 Å². The second-order valence-electron chi connectivity index (χ2n) is 8.21. The molecule has 0 radical (unpaired) electrons. The first-order chi connectivity index (χ1) is 15.4. The normalized spacial score (nSPS) is 15.9. The van der Waals surface area contributed by atoms with Gasteiger partial charge in [0.15, 0.2) is 0 Å². The lowest BCUT2D eigenvalue weighted by Crippen LogP contribution is -2.50. The Labute approximate surface area is 191 Å². The van der Waals surface area contributed by atoms with E-state index in [0.29, 0.717) is 31.7 Å². The van der Waals surface area contributed by atoms with E-state index in [4.69, 9.17) is 5.73 Å². The number of nitrogens with zero attached hydrogens (tertiary/aromatic N) is 3. The molecule has 0 bridgehead atoms. The number of fused-ring (bicyclic) bond motifs is 1. The van der Waals surface area contributed by atoms with Crippen molar-refractivity contribution < 1.29 is 9.59 Å². The average Bonchev–Trinajstić information content (AvgIpc) is 2.80. The van der Waals surface area contributed by atoms with Crippen molar-refractivity contribution in [3.8, 4) is 0 Å². The van der Waals surface area contributed by atoms with Gasteiger partial charge in [0.1, 0.15) is 6.04 Å². The summed E-state index contributed by atoms with van der Waals surface area (Å²) in [5.74, 6) is -0.0288. The van der Waals surface area contributed by atoms with E-state index in [1.807, 2.05) is 75.2 Å². The zero-order valence-electron chi connectivity index (χ0n) is 19.5. The molecule has 0 spiro atoms. The van der Waals surface area contributed by atoms with E-state index in [1.165, 1.54) is 5.56 Å². The van der Waals surface area contributed by atoms with E-state index in [-0.39, 0.29) is 17.9 Å². The summed E-state index contributed by atoms with van der Waals surface area (Å²) >= 11 is 0. The van der Waals surface area contributed by atoms with Crippen LogP contribution >= 0.6 is 0 Å². The van der Waals surface area contributed by atoms with E-state index in [0.717, 1.165) is 23.4 Å². The molecule has 0 aliphatic carbocycles. The number of aryl methyl sites for hydroxylation is 1. The maximum atomic E-state index is 13.4. The third kappa shape index (κ3) is 4.86. The number of nitrogens with two attached hydrogens (primary N) is 1. The van der Waals surface area contributed by atoms with Gasteiger partial charge >= 0.3 is 0 Å². The maximum Gasteiger partial charge on any atom is 0.253 e. The summed E-state index contributed by atoms with van der Waals surface area (Å²) in [6, 6.07) is 13.5. The average molecular weight is 435 g/mol. The van der Waals surface area contributed by atoms with Gasteiger partial charge < -0.3 is 20.4 Å². The van der Waals surface area contributed by atoms with Crippen LogP contribution in [0.4, 0.5) is 11.4 Å². The van der Waals surface area contributed by atoms with Crippen LogP contribution in [-0.2, 0) is 11.3 Å². The van der Waals surface area contributed by atoms with Gasteiger partial charge in [0.25, 0.3) is 5.91 Å². The second-order valence-corrected chi connectivity index (χ2v) is 8.21. The molecule has 1 atom stereocenters. The highest BCUT2D eigenvalue weighted by Crippen LogP contribution is 2.38. The summed E-state index contributed by atoms with van der Waals surface area (Å²) in [6.45, 7) is 10.1. The molecule has 3 rings (SSSR count). The van der Waals surface area contributed by atoms with E-state index < -0.39 is 0 Å². The lowest BCUT2D eigenvalue weighted by atomic mass is 10.0. The van der Waals surface area contributed by atoms with Crippen LogP contribution in [-0.4, -0.2) is 42.4 Å². The zero-order chi connectivity index (χ0) is 23.3. The molecular weight excluding hydrogens is 400 g/mol. The van der Waals surface area contributed by atoms with Crippen molar-refractivity contribution in [2.24, 2.45) is 5.73 Å². The van der Waals surface area contributed by atoms with Crippen molar-refractivity contribution in [1.29, 1.82) is 0 Å². The number of hydrogen-bond donors (Lipinski definition) is 1. The molecule has 1 aliphatic rings. The number of allylic oxidation sites excluding steroid dienone is 1. The third-order valence-electron chi connectivity index (χ3n) is 5.90. The number of carbonyl (C=O) groups is 2. The molecule has 0 aromatic heterocycles. The lowest BCUT2D eigenvalue weighted by molar-refractivity contribution is -0.119. The van der Waals surface area contributed by atoms with Crippen molar-refractivity contribution in [3.05, 3.63) is 71.4 Å². The van der Waals surface area contributed by atoms with Crippen LogP contribution in [0.1, 0.15) is 48.7 Å². The molecule has 1 aliphatic heterocycles. The van der Waals surface area contributed by atoms with Crippen molar-refractivity contribution in [1.82, 2.24) is 4.90 Å². The molecular formula is C26H34N4O2. The first kappa shape index (κ1) is 23.5. The highest BCUT2D eigenvalue weighted by atomic mass is 16.2. The number of hydrogen-bond acceptors (Lipinski definition) is 4. The van der Waals surface area contributed by atoms with E-state index in [1.54, 1.807) is 9.80 Å². The molecule has 1 unspecified atom stereocenters. The lowest BCUT2D eigenvalue weighted by Gasteiger charge is -2.40. The van der Waals surface area contributed by atoms with Crippen LogP contribution in [0.15, 0.2) is 54.7 Å². The first-order valence-corrected chi connectivity index (χ1v) is 11.3. The second kappa shape index (κ2) is 10.5. The molecule has 6 heteroatoms. The molecule has 0 fully saturated rings. The highest BCUT2D eigenvalue weighted by Gasteiger charge is 2.35. The predicted molar refractivity (Wildman–Crippen MR) is 131 cm³/mol. The monoisotopic (exact) mass is 434 g/mol. The summed E-state index contributed by atoms with van der Waals surface area (Å²) in [5, 5.41) is 0. The summed E-state index contributed by atoms with van der Waals surface area (Å²) in [5.41, 5.74) is 10.1. The standard InChI is InChI=1S/C26H34N4O2/c1-5-15-29-20(4)25(31)30(18-21-10-8-19(3)9-11-21)24-17-22(12-13-23(24)29)26(32)28(6-2)16-7-14-27/h5,8-13,15,17,20H,6-7,14,16,18,27H2,1-4H3/b15-5-. The van der Waals surface area contributed by atoms with Gasteiger partial charge in [-0.1, -0.05) is 35.9 Å². The zero-order valence-corrected chi connectivity index (χ0v) is 19.5. The number of benzene rings is 2. The van der Waals surface area contributed by atoms with Crippen LogP contribution in [0, 0.1) is 6.92 Å². The van der Waals surface area contributed by atoms with Gasteiger partial charge in [0, 0.05) is 24.9 Å². The molecule has 0 saturated heterocycles. The van der Waals surface area contributed by atoms with Gasteiger partial charge in [0.05, 0.1) is 17.9 Å². The van der Waals surface area contributed by atoms with Gasteiger partial charge in [-0.05, 0) is 64.4 Å². The highest BCUT2D eigenvalue weighted by molar-refractivity contribution is 6.07. The number of amides is 2. The van der Waals surface area contributed by atoms with E-state index >= 15 is 0 Å². The number of carbonyl (C=O) groups excluding carboxylic acids is 2. The smallest absolute Gasteiger partial charge is 0.253 e. The van der Waals surface area contributed by atoms with Gasteiger partial charge in [-0.25, -0.2) is 0 Å². The minimum Gasteiger partial charge on any atom is -0.339 e. The number of anilines is 2. The van der Waals surface area contributed by atoms with Crippen molar-refractivity contribution in [2.45, 2.75) is 46.7 Å².